The third-order valence-electron chi connectivity index (χ3n) is 4.63. The molecule has 0 aliphatic rings. The molecule has 0 unspecified atom stereocenters. The van der Waals surface area contributed by atoms with E-state index < -0.39 is 0 Å². The molecular formula is C23H30IN5O2. The normalized spacial score (nSPS) is 10.9. The monoisotopic (exact) mass is 535 g/mol. The topological polar surface area (TPSA) is 72.7 Å². The number of guanidine groups is 1. The first-order chi connectivity index (χ1) is 14.5. The third kappa shape index (κ3) is 6.13. The smallest absolute Gasteiger partial charge is 0.195 e. The van der Waals surface area contributed by atoms with Gasteiger partial charge in [0.25, 0.3) is 0 Å². The predicted octanol–water partition coefficient (Wildman–Crippen LogP) is 4.70. The van der Waals surface area contributed by atoms with Crippen LogP contribution in [0.5, 0.6) is 11.5 Å². The molecule has 0 spiro atoms. The van der Waals surface area contributed by atoms with E-state index in [2.05, 4.69) is 45.8 Å². The highest BCUT2D eigenvalue weighted by atomic mass is 127. The third-order valence-corrected chi connectivity index (χ3v) is 4.63. The van der Waals surface area contributed by atoms with Gasteiger partial charge in [0.1, 0.15) is 0 Å². The van der Waals surface area contributed by atoms with Crippen molar-refractivity contribution >= 4 is 35.6 Å². The second-order valence-electron chi connectivity index (χ2n) is 6.82. The molecule has 0 saturated carbocycles. The van der Waals surface area contributed by atoms with Crippen molar-refractivity contribution in [3.63, 3.8) is 0 Å². The van der Waals surface area contributed by atoms with E-state index in [4.69, 9.17) is 9.47 Å². The molecule has 3 aromatic rings. The van der Waals surface area contributed by atoms with E-state index >= 15 is 0 Å². The van der Waals surface area contributed by atoms with Crippen LogP contribution in [-0.4, -0.2) is 36.5 Å². The number of para-hydroxylation sites is 1. The number of nitrogens with one attached hydrogen (secondary N) is 2. The van der Waals surface area contributed by atoms with E-state index in [0.29, 0.717) is 30.6 Å². The molecule has 8 heteroatoms. The molecule has 7 nitrogen and oxygen atoms in total. The zero-order valence-corrected chi connectivity index (χ0v) is 20.9. The van der Waals surface area contributed by atoms with Crippen LogP contribution in [0.15, 0.2) is 53.5 Å². The van der Waals surface area contributed by atoms with Gasteiger partial charge in [-0.3, -0.25) is 4.99 Å². The van der Waals surface area contributed by atoms with Crippen molar-refractivity contribution in [1.82, 2.24) is 15.1 Å². The van der Waals surface area contributed by atoms with Crippen LogP contribution in [0, 0.1) is 13.8 Å². The molecule has 2 aromatic carbocycles. The fraction of sp³-hybridized carbons (Fsp3) is 0.304. The fourth-order valence-corrected chi connectivity index (χ4v) is 3.26. The van der Waals surface area contributed by atoms with Gasteiger partial charge < -0.3 is 20.1 Å². The average Bonchev–Trinajstić information content (AvgIpc) is 3.09. The summed E-state index contributed by atoms with van der Waals surface area (Å²) < 4.78 is 13.0. The summed E-state index contributed by atoms with van der Waals surface area (Å²) in [4.78, 5) is 4.34. The van der Waals surface area contributed by atoms with Crippen LogP contribution in [0.3, 0.4) is 0 Å². The Kier molecular flexibility index (Phi) is 9.17. The molecule has 0 aliphatic carbocycles. The lowest BCUT2D eigenvalue weighted by Crippen LogP contribution is -2.30. The number of benzene rings is 2. The lowest BCUT2D eigenvalue weighted by atomic mass is 10.1. The first kappa shape index (κ1) is 24.5. The summed E-state index contributed by atoms with van der Waals surface area (Å²) >= 11 is 0. The number of anilines is 1. The van der Waals surface area contributed by atoms with Crippen LogP contribution in [0.4, 0.5) is 5.69 Å². The highest BCUT2D eigenvalue weighted by molar-refractivity contribution is 14.0. The molecule has 0 fully saturated rings. The van der Waals surface area contributed by atoms with Crippen LogP contribution >= 0.6 is 24.0 Å². The fourth-order valence-electron chi connectivity index (χ4n) is 3.26. The van der Waals surface area contributed by atoms with E-state index in [9.17, 15) is 0 Å². The van der Waals surface area contributed by atoms with Gasteiger partial charge in [-0.15, -0.1) is 24.0 Å². The molecule has 0 bridgehead atoms. The molecule has 0 atom stereocenters. The SMILES string of the molecule is CCOc1cc(NC(=NC)NCc2ccccc2-n2nc(C)cc2C)ccc1OC.I. The van der Waals surface area contributed by atoms with Crippen molar-refractivity contribution in [1.29, 1.82) is 0 Å². The number of ether oxygens (including phenoxy) is 2. The van der Waals surface area contributed by atoms with Gasteiger partial charge in [0, 0.05) is 31.0 Å². The van der Waals surface area contributed by atoms with Crippen LogP contribution in [-0.2, 0) is 6.54 Å². The Bertz CT molecular complexity index is 1030. The van der Waals surface area contributed by atoms with Gasteiger partial charge in [-0.05, 0) is 50.6 Å². The van der Waals surface area contributed by atoms with E-state index in [1.807, 2.05) is 48.9 Å². The van der Waals surface area contributed by atoms with Crippen molar-refractivity contribution in [3.8, 4) is 17.2 Å². The maximum absolute atomic E-state index is 5.66. The Hall–Kier alpha value is -2.75. The first-order valence-electron chi connectivity index (χ1n) is 9.95. The van der Waals surface area contributed by atoms with Gasteiger partial charge in [0.2, 0.25) is 0 Å². The molecule has 31 heavy (non-hydrogen) atoms. The lowest BCUT2D eigenvalue weighted by Gasteiger charge is -2.16. The number of nitrogens with zero attached hydrogens (tertiary/aromatic N) is 3. The molecule has 0 saturated heterocycles. The molecule has 2 N–H and O–H groups in total. The van der Waals surface area contributed by atoms with Gasteiger partial charge in [0.05, 0.1) is 25.1 Å². The number of halogens is 1. The minimum atomic E-state index is 0. The first-order valence-corrected chi connectivity index (χ1v) is 9.95. The number of hydrogen-bond acceptors (Lipinski definition) is 4. The number of methoxy groups -OCH3 is 1. The summed E-state index contributed by atoms with van der Waals surface area (Å²) in [5.74, 6) is 2.05. The lowest BCUT2D eigenvalue weighted by molar-refractivity contribution is 0.311. The summed E-state index contributed by atoms with van der Waals surface area (Å²) in [7, 11) is 3.38. The van der Waals surface area contributed by atoms with Crippen molar-refractivity contribution in [2.75, 3.05) is 26.1 Å². The van der Waals surface area contributed by atoms with E-state index in [0.717, 1.165) is 28.3 Å². The molecule has 166 valence electrons. The van der Waals surface area contributed by atoms with Gasteiger partial charge >= 0.3 is 0 Å². The maximum Gasteiger partial charge on any atom is 0.195 e. The van der Waals surface area contributed by atoms with Crippen LogP contribution < -0.4 is 20.1 Å². The Morgan fingerprint density at radius 2 is 1.87 bits per heavy atom. The molecule has 1 aromatic heterocycles. The molecule has 1 heterocycles. The Morgan fingerprint density at radius 1 is 1.10 bits per heavy atom. The van der Waals surface area contributed by atoms with Gasteiger partial charge in [-0.2, -0.15) is 5.10 Å². The largest absolute Gasteiger partial charge is 0.493 e. The molecule has 0 radical (unpaired) electrons. The number of hydrogen-bond donors (Lipinski definition) is 2. The van der Waals surface area contributed by atoms with E-state index in [-0.39, 0.29) is 24.0 Å². The Labute approximate surface area is 200 Å². The number of aromatic nitrogens is 2. The van der Waals surface area contributed by atoms with Gasteiger partial charge in [-0.25, -0.2) is 4.68 Å². The van der Waals surface area contributed by atoms with Crippen LogP contribution in [0.25, 0.3) is 5.69 Å². The van der Waals surface area contributed by atoms with Crippen LogP contribution in [0.2, 0.25) is 0 Å². The summed E-state index contributed by atoms with van der Waals surface area (Å²) in [5.41, 5.74) is 5.13. The molecular weight excluding hydrogens is 505 g/mol. The summed E-state index contributed by atoms with van der Waals surface area (Å²) in [5, 5.41) is 11.3. The second kappa shape index (κ2) is 11.6. The average molecular weight is 535 g/mol. The quantitative estimate of drug-likeness (QED) is 0.261. The second-order valence-corrected chi connectivity index (χ2v) is 6.82. The number of aliphatic imine (C=N–C) groups is 1. The number of aryl methyl sites for hydroxylation is 2. The minimum absolute atomic E-state index is 0. The van der Waals surface area contributed by atoms with Crippen molar-refractivity contribution in [3.05, 3.63) is 65.5 Å². The maximum atomic E-state index is 5.66. The van der Waals surface area contributed by atoms with Gasteiger partial charge in [0.15, 0.2) is 17.5 Å². The van der Waals surface area contributed by atoms with Crippen molar-refractivity contribution in [2.45, 2.75) is 27.3 Å². The molecule has 0 aliphatic heterocycles. The standard InChI is InChI=1S/C23H29N5O2.HI/c1-6-30-22-14-19(11-12-21(22)29-5)26-23(24-4)25-15-18-9-7-8-10-20(18)28-17(3)13-16(2)27-28;/h7-14H,6,15H2,1-5H3,(H2,24,25,26);1H. The summed E-state index contributed by atoms with van der Waals surface area (Å²) in [6.45, 7) is 7.17. The highest BCUT2D eigenvalue weighted by Gasteiger charge is 2.10. The van der Waals surface area contributed by atoms with E-state index in [1.165, 1.54) is 0 Å². The predicted molar refractivity (Wildman–Crippen MR) is 136 cm³/mol. The minimum Gasteiger partial charge on any atom is -0.493 e. The molecule has 3 rings (SSSR count). The highest BCUT2D eigenvalue weighted by Crippen LogP contribution is 2.30. The van der Waals surface area contributed by atoms with Gasteiger partial charge in [-0.1, -0.05) is 18.2 Å². The Balaban J connectivity index is 0.00000341. The molecule has 0 amide bonds. The summed E-state index contributed by atoms with van der Waals surface area (Å²) in [6, 6.07) is 16.0. The van der Waals surface area contributed by atoms with Crippen molar-refractivity contribution < 1.29 is 9.47 Å². The number of rotatable bonds is 7. The van der Waals surface area contributed by atoms with Crippen LogP contribution in [0.1, 0.15) is 23.9 Å². The summed E-state index contributed by atoms with van der Waals surface area (Å²) in [6.07, 6.45) is 0. The Morgan fingerprint density at radius 3 is 2.52 bits per heavy atom. The van der Waals surface area contributed by atoms with Crippen molar-refractivity contribution in [2.24, 2.45) is 4.99 Å². The zero-order valence-electron chi connectivity index (χ0n) is 18.6. The van der Waals surface area contributed by atoms with E-state index in [1.54, 1.807) is 14.2 Å². The zero-order chi connectivity index (χ0) is 21.5.